The summed E-state index contributed by atoms with van der Waals surface area (Å²) in [6.07, 6.45) is 3.54. The van der Waals surface area contributed by atoms with E-state index in [1.54, 1.807) is 12.4 Å². The van der Waals surface area contributed by atoms with Gasteiger partial charge in [-0.15, -0.1) is 0 Å². The molecule has 0 aliphatic rings. The number of furan rings is 1. The van der Waals surface area contributed by atoms with Crippen LogP contribution >= 0.6 is 15.9 Å². The van der Waals surface area contributed by atoms with Crippen molar-refractivity contribution in [2.75, 3.05) is 0 Å². The van der Waals surface area contributed by atoms with E-state index in [1.807, 2.05) is 36.4 Å². The lowest BCUT2D eigenvalue weighted by Crippen LogP contribution is -1.82. The highest BCUT2D eigenvalue weighted by molar-refractivity contribution is 9.10. The summed E-state index contributed by atoms with van der Waals surface area (Å²) in [6.45, 7) is 0. The van der Waals surface area contributed by atoms with E-state index in [0.717, 1.165) is 32.1 Å². The topological polar surface area (TPSA) is 38.9 Å². The second-order valence-electron chi connectivity index (χ2n) is 4.53. The van der Waals surface area contributed by atoms with Crippen molar-refractivity contribution in [3.63, 3.8) is 0 Å². The van der Waals surface area contributed by atoms with Crippen LogP contribution in [0.5, 0.6) is 0 Å². The normalized spacial score (nSPS) is 11.2. The van der Waals surface area contributed by atoms with Crippen LogP contribution in [0.15, 0.2) is 63.7 Å². The van der Waals surface area contributed by atoms with Gasteiger partial charge in [0.15, 0.2) is 0 Å². The van der Waals surface area contributed by atoms with E-state index in [9.17, 15) is 0 Å². The Morgan fingerprint density at radius 1 is 0.950 bits per heavy atom. The van der Waals surface area contributed by atoms with Crippen LogP contribution in [0.3, 0.4) is 0 Å². The fourth-order valence-electron chi connectivity index (χ4n) is 2.32. The Bertz CT molecular complexity index is 913. The first kappa shape index (κ1) is 11.6. The number of rotatable bonds is 1. The molecule has 4 heteroatoms. The molecule has 3 heterocycles. The van der Waals surface area contributed by atoms with E-state index in [-0.39, 0.29) is 0 Å². The molecular weight excluding hydrogens is 316 g/mol. The van der Waals surface area contributed by atoms with E-state index in [1.165, 1.54) is 0 Å². The summed E-state index contributed by atoms with van der Waals surface area (Å²) in [5, 5.41) is 2.09. The van der Waals surface area contributed by atoms with Gasteiger partial charge in [0.25, 0.3) is 0 Å². The van der Waals surface area contributed by atoms with Crippen LogP contribution in [-0.4, -0.2) is 9.97 Å². The Kier molecular flexibility index (Phi) is 2.57. The number of hydrogen-bond acceptors (Lipinski definition) is 3. The molecular formula is C16H9BrN2O. The van der Waals surface area contributed by atoms with Crippen molar-refractivity contribution in [2.45, 2.75) is 0 Å². The van der Waals surface area contributed by atoms with Gasteiger partial charge in [-0.1, -0.05) is 0 Å². The van der Waals surface area contributed by atoms with E-state index in [0.29, 0.717) is 5.71 Å². The van der Waals surface area contributed by atoms with Crippen molar-refractivity contribution in [1.82, 2.24) is 9.97 Å². The van der Waals surface area contributed by atoms with Crippen molar-refractivity contribution in [3.05, 3.63) is 59.3 Å². The maximum Gasteiger partial charge on any atom is 0.227 e. The minimum atomic E-state index is 0.670. The molecule has 0 amide bonds. The minimum Gasteiger partial charge on any atom is -0.438 e. The lowest BCUT2D eigenvalue weighted by Gasteiger charge is -2.00. The summed E-state index contributed by atoms with van der Waals surface area (Å²) in [5.74, 6) is 0. The highest BCUT2D eigenvalue weighted by Gasteiger charge is 2.09. The van der Waals surface area contributed by atoms with Gasteiger partial charge in [-0.3, -0.25) is 4.98 Å². The number of hydrogen-bond donors (Lipinski definition) is 0. The molecule has 0 saturated carbocycles. The molecule has 0 N–H and O–H groups in total. The molecule has 4 aromatic rings. The molecule has 20 heavy (non-hydrogen) atoms. The molecule has 0 atom stereocenters. The summed E-state index contributed by atoms with van der Waals surface area (Å²) in [7, 11) is 0. The van der Waals surface area contributed by atoms with Gasteiger partial charge < -0.3 is 4.42 Å². The Morgan fingerprint density at radius 3 is 2.75 bits per heavy atom. The second kappa shape index (κ2) is 4.42. The zero-order valence-electron chi connectivity index (χ0n) is 10.4. The molecule has 1 aromatic carbocycles. The maximum absolute atomic E-state index is 5.72. The predicted molar refractivity (Wildman–Crippen MR) is 82.4 cm³/mol. The highest BCUT2D eigenvalue weighted by Crippen LogP contribution is 2.30. The monoisotopic (exact) mass is 324 g/mol. The average molecular weight is 325 g/mol. The van der Waals surface area contributed by atoms with Crippen LogP contribution in [0, 0.1) is 0 Å². The Morgan fingerprint density at radius 2 is 1.90 bits per heavy atom. The molecule has 3 nitrogen and oxygen atoms in total. The predicted octanol–water partition coefficient (Wildman–Crippen LogP) is 4.81. The van der Waals surface area contributed by atoms with Gasteiger partial charge in [-0.2, -0.15) is 0 Å². The molecule has 4 rings (SSSR count). The van der Waals surface area contributed by atoms with Crippen molar-refractivity contribution in [3.8, 4) is 11.3 Å². The lowest BCUT2D eigenvalue weighted by molar-refractivity contribution is 0.654. The molecule has 0 aliphatic carbocycles. The van der Waals surface area contributed by atoms with Crippen LogP contribution in [0.25, 0.3) is 33.3 Å². The molecule has 0 fully saturated rings. The first-order valence-electron chi connectivity index (χ1n) is 6.20. The number of halogens is 1. The summed E-state index contributed by atoms with van der Waals surface area (Å²) >= 11 is 3.40. The molecule has 0 saturated heterocycles. The first-order chi connectivity index (χ1) is 9.81. The zero-order valence-corrected chi connectivity index (χ0v) is 12.0. The number of benzene rings is 1. The van der Waals surface area contributed by atoms with Crippen molar-refractivity contribution >= 4 is 38.0 Å². The Balaban J connectivity index is 1.97. The smallest absolute Gasteiger partial charge is 0.227 e. The third kappa shape index (κ3) is 1.80. The van der Waals surface area contributed by atoms with Crippen molar-refractivity contribution in [2.24, 2.45) is 0 Å². The van der Waals surface area contributed by atoms with Crippen molar-refractivity contribution in [1.29, 1.82) is 0 Å². The van der Waals surface area contributed by atoms with E-state index >= 15 is 0 Å². The van der Waals surface area contributed by atoms with Gasteiger partial charge in [-0.05, 0) is 58.4 Å². The summed E-state index contributed by atoms with van der Waals surface area (Å²) in [6, 6.07) is 14.0. The van der Waals surface area contributed by atoms with Gasteiger partial charge in [0, 0.05) is 33.2 Å². The standard InChI is InChI=1S/C16H9BrN2O/c17-11-4-5-14(19-9-11)10-3-6-15-13(8-10)12-2-1-7-18-16(12)20-15/h1-9H. The van der Waals surface area contributed by atoms with Gasteiger partial charge in [0.2, 0.25) is 5.71 Å². The number of nitrogens with zero attached hydrogens (tertiary/aromatic N) is 2. The molecule has 0 aliphatic heterocycles. The molecule has 3 aromatic heterocycles. The quantitative estimate of drug-likeness (QED) is 0.504. The van der Waals surface area contributed by atoms with E-state index in [4.69, 9.17) is 4.42 Å². The molecule has 0 spiro atoms. The summed E-state index contributed by atoms with van der Waals surface area (Å²) in [4.78, 5) is 8.67. The van der Waals surface area contributed by atoms with Gasteiger partial charge in [-0.25, -0.2) is 4.98 Å². The third-order valence-electron chi connectivity index (χ3n) is 3.27. The SMILES string of the molecule is Brc1ccc(-c2ccc3oc4ncccc4c3c2)nc1. The number of pyridine rings is 2. The Hall–Kier alpha value is -2.20. The zero-order chi connectivity index (χ0) is 13.5. The number of aromatic nitrogens is 2. The van der Waals surface area contributed by atoms with Crippen LogP contribution in [0.1, 0.15) is 0 Å². The van der Waals surface area contributed by atoms with E-state index in [2.05, 4.69) is 32.0 Å². The molecule has 96 valence electrons. The van der Waals surface area contributed by atoms with Crippen LogP contribution in [-0.2, 0) is 0 Å². The number of fused-ring (bicyclic) bond motifs is 3. The first-order valence-corrected chi connectivity index (χ1v) is 7.00. The average Bonchev–Trinajstić information content (AvgIpc) is 2.86. The maximum atomic E-state index is 5.72. The second-order valence-corrected chi connectivity index (χ2v) is 5.45. The fraction of sp³-hybridized carbons (Fsp3) is 0. The van der Waals surface area contributed by atoms with Gasteiger partial charge in [0.1, 0.15) is 5.58 Å². The highest BCUT2D eigenvalue weighted by atomic mass is 79.9. The van der Waals surface area contributed by atoms with E-state index < -0.39 is 0 Å². The van der Waals surface area contributed by atoms with Crippen LogP contribution in [0.2, 0.25) is 0 Å². The largest absolute Gasteiger partial charge is 0.438 e. The molecule has 0 unspecified atom stereocenters. The van der Waals surface area contributed by atoms with Crippen LogP contribution in [0.4, 0.5) is 0 Å². The van der Waals surface area contributed by atoms with Crippen molar-refractivity contribution < 1.29 is 4.42 Å². The van der Waals surface area contributed by atoms with Gasteiger partial charge >= 0.3 is 0 Å². The summed E-state index contributed by atoms with van der Waals surface area (Å²) < 4.78 is 6.70. The molecule has 0 bridgehead atoms. The van der Waals surface area contributed by atoms with Gasteiger partial charge in [0.05, 0.1) is 5.69 Å². The molecule has 0 radical (unpaired) electrons. The minimum absolute atomic E-state index is 0.670. The van der Waals surface area contributed by atoms with Crippen LogP contribution < -0.4 is 0 Å². The Labute approximate surface area is 123 Å². The fourth-order valence-corrected chi connectivity index (χ4v) is 2.55. The summed E-state index contributed by atoms with van der Waals surface area (Å²) in [5.41, 5.74) is 3.52. The third-order valence-corrected chi connectivity index (χ3v) is 3.74. The lowest BCUT2D eigenvalue weighted by atomic mass is 10.1.